The van der Waals surface area contributed by atoms with Crippen LogP contribution in [0.5, 0.6) is 5.75 Å². The Hall–Kier alpha value is -1.07. The van der Waals surface area contributed by atoms with E-state index in [1.54, 1.807) is 13.8 Å². The number of benzene rings is 1. The maximum Gasteiger partial charge on any atom is 0.448 e. The van der Waals surface area contributed by atoms with E-state index in [4.69, 9.17) is 4.18 Å². The van der Waals surface area contributed by atoms with Crippen molar-refractivity contribution in [1.29, 1.82) is 0 Å². The highest BCUT2D eigenvalue weighted by molar-refractivity contribution is 7.82. The number of hydrogen-bond donors (Lipinski definition) is 0. The third kappa shape index (κ3) is 2.94. The quantitative estimate of drug-likeness (QED) is 0.795. The molecule has 0 aromatic heterocycles. The fraction of sp³-hybridized carbons (Fsp3) is 0.400. The van der Waals surface area contributed by atoms with Gasteiger partial charge in [-0.05, 0) is 31.9 Å². The minimum absolute atomic E-state index is 0.336. The fourth-order valence-electron chi connectivity index (χ4n) is 1.43. The van der Waals surface area contributed by atoms with Gasteiger partial charge in [-0.25, -0.2) is 4.18 Å². The van der Waals surface area contributed by atoms with E-state index >= 15 is 0 Å². The lowest BCUT2D eigenvalue weighted by atomic mass is 10.1. The van der Waals surface area contributed by atoms with Crippen molar-refractivity contribution in [2.75, 3.05) is 7.11 Å². The van der Waals surface area contributed by atoms with Crippen LogP contribution in [-0.4, -0.2) is 15.5 Å². The molecule has 0 heterocycles. The standard InChI is InChI=1S/C10H14O4S/c1-7-5-8(2)10(9(3)6-7)14-15(11,12)13-4/h5-6H,1-4H3. The summed E-state index contributed by atoms with van der Waals surface area (Å²) in [6, 6.07) is 3.71. The Morgan fingerprint density at radius 3 is 1.93 bits per heavy atom. The Bertz CT molecular complexity index is 439. The minimum Gasteiger partial charge on any atom is -0.361 e. The molecule has 15 heavy (non-hydrogen) atoms. The Balaban J connectivity index is 3.17. The van der Waals surface area contributed by atoms with E-state index < -0.39 is 10.4 Å². The predicted octanol–water partition coefficient (Wildman–Crippen LogP) is 1.88. The molecule has 0 spiro atoms. The predicted molar refractivity (Wildman–Crippen MR) is 57.2 cm³/mol. The van der Waals surface area contributed by atoms with Crippen molar-refractivity contribution < 1.29 is 16.8 Å². The van der Waals surface area contributed by atoms with Crippen LogP contribution in [0.3, 0.4) is 0 Å². The monoisotopic (exact) mass is 230 g/mol. The summed E-state index contributed by atoms with van der Waals surface area (Å²) in [5.41, 5.74) is 2.61. The summed E-state index contributed by atoms with van der Waals surface area (Å²) in [7, 11) is -2.87. The zero-order valence-corrected chi connectivity index (χ0v) is 10.0. The van der Waals surface area contributed by atoms with Crippen LogP contribution in [0.15, 0.2) is 12.1 Å². The molecule has 0 fully saturated rings. The van der Waals surface area contributed by atoms with Crippen molar-refractivity contribution in [2.24, 2.45) is 0 Å². The molecule has 0 bridgehead atoms. The molecule has 0 saturated heterocycles. The lowest BCUT2D eigenvalue weighted by molar-refractivity contribution is 0.329. The maximum absolute atomic E-state index is 11.1. The molecule has 1 aromatic rings. The first-order chi connectivity index (χ1) is 6.85. The second kappa shape index (κ2) is 4.20. The van der Waals surface area contributed by atoms with Crippen LogP contribution >= 0.6 is 0 Å². The Morgan fingerprint density at radius 2 is 1.53 bits per heavy atom. The van der Waals surface area contributed by atoms with Gasteiger partial charge in [0.05, 0.1) is 7.11 Å². The molecule has 0 radical (unpaired) electrons. The van der Waals surface area contributed by atoms with Gasteiger partial charge in [0.15, 0.2) is 5.75 Å². The molecule has 0 atom stereocenters. The molecule has 0 amide bonds. The molecule has 84 valence electrons. The van der Waals surface area contributed by atoms with E-state index in [9.17, 15) is 8.42 Å². The summed E-state index contributed by atoms with van der Waals surface area (Å²) >= 11 is 0. The lowest BCUT2D eigenvalue weighted by Gasteiger charge is -2.11. The Labute approximate surface area is 90.2 Å². The van der Waals surface area contributed by atoms with Crippen LogP contribution in [0.25, 0.3) is 0 Å². The second-order valence-electron chi connectivity index (χ2n) is 3.39. The molecule has 5 heteroatoms. The summed E-state index contributed by atoms with van der Waals surface area (Å²) in [5.74, 6) is 0.336. The highest BCUT2D eigenvalue weighted by atomic mass is 32.3. The van der Waals surface area contributed by atoms with Gasteiger partial charge < -0.3 is 4.18 Å². The van der Waals surface area contributed by atoms with Crippen LogP contribution in [0.4, 0.5) is 0 Å². The number of aryl methyl sites for hydroxylation is 3. The zero-order chi connectivity index (χ0) is 11.6. The topological polar surface area (TPSA) is 52.6 Å². The van der Waals surface area contributed by atoms with Crippen LogP contribution in [-0.2, 0) is 14.6 Å². The fourth-order valence-corrected chi connectivity index (χ4v) is 1.97. The van der Waals surface area contributed by atoms with E-state index in [1.165, 1.54) is 0 Å². The molecule has 0 aliphatic rings. The minimum atomic E-state index is -3.93. The van der Waals surface area contributed by atoms with E-state index in [0.717, 1.165) is 23.8 Å². The van der Waals surface area contributed by atoms with E-state index in [-0.39, 0.29) is 0 Å². The zero-order valence-electron chi connectivity index (χ0n) is 9.20. The van der Waals surface area contributed by atoms with Gasteiger partial charge in [0.25, 0.3) is 0 Å². The summed E-state index contributed by atoms with van der Waals surface area (Å²) in [6.45, 7) is 5.52. The number of rotatable bonds is 3. The summed E-state index contributed by atoms with van der Waals surface area (Å²) in [6.07, 6.45) is 0. The van der Waals surface area contributed by atoms with Gasteiger partial charge in [0.2, 0.25) is 0 Å². The van der Waals surface area contributed by atoms with Crippen molar-refractivity contribution in [1.82, 2.24) is 0 Å². The first-order valence-electron chi connectivity index (χ1n) is 4.43. The van der Waals surface area contributed by atoms with E-state index in [2.05, 4.69) is 4.18 Å². The van der Waals surface area contributed by atoms with Crippen molar-refractivity contribution in [3.8, 4) is 5.75 Å². The molecular weight excluding hydrogens is 216 g/mol. The summed E-state index contributed by atoms with van der Waals surface area (Å²) < 4.78 is 31.3. The van der Waals surface area contributed by atoms with Gasteiger partial charge >= 0.3 is 10.4 Å². The molecule has 1 rings (SSSR count). The first-order valence-corrected chi connectivity index (χ1v) is 5.77. The van der Waals surface area contributed by atoms with Crippen molar-refractivity contribution in [3.63, 3.8) is 0 Å². The van der Waals surface area contributed by atoms with Gasteiger partial charge in [-0.2, -0.15) is 8.42 Å². The Morgan fingerprint density at radius 1 is 1.07 bits per heavy atom. The SMILES string of the molecule is COS(=O)(=O)Oc1c(C)cc(C)cc1C. The van der Waals surface area contributed by atoms with E-state index in [1.807, 2.05) is 19.1 Å². The normalized spacial score (nSPS) is 11.5. The average Bonchev–Trinajstić information content (AvgIpc) is 2.11. The molecule has 0 aliphatic heterocycles. The highest BCUT2D eigenvalue weighted by Crippen LogP contribution is 2.25. The molecule has 0 unspecified atom stereocenters. The van der Waals surface area contributed by atoms with Crippen molar-refractivity contribution in [3.05, 3.63) is 28.8 Å². The molecule has 4 nitrogen and oxygen atoms in total. The molecule has 0 aliphatic carbocycles. The van der Waals surface area contributed by atoms with Gasteiger partial charge in [-0.3, -0.25) is 0 Å². The van der Waals surface area contributed by atoms with Gasteiger partial charge in [0, 0.05) is 0 Å². The van der Waals surface area contributed by atoms with Gasteiger partial charge in [-0.15, -0.1) is 0 Å². The molecular formula is C10H14O4S. The number of hydrogen-bond acceptors (Lipinski definition) is 4. The lowest BCUT2D eigenvalue weighted by Crippen LogP contribution is -2.12. The largest absolute Gasteiger partial charge is 0.448 e. The van der Waals surface area contributed by atoms with E-state index in [0.29, 0.717) is 5.75 Å². The Kier molecular flexibility index (Phi) is 3.36. The third-order valence-electron chi connectivity index (χ3n) is 1.99. The van der Waals surface area contributed by atoms with Crippen molar-refractivity contribution in [2.45, 2.75) is 20.8 Å². The van der Waals surface area contributed by atoms with Gasteiger partial charge in [-0.1, -0.05) is 17.7 Å². The second-order valence-corrected chi connectivity index (χ2v) is 4.70. The third-order valence-corrected chi connectivity index (χ3v) is 2.77. The molecule has 0 saturated carbocycles. The van der Waals surface area contributed by atoms with Crippen LogP contribution in [0.1, 0.15) is 16.7 Å². The summed E-state index contributed by atoms with van der Waals surface area (Å²) in [5, 5.41) is 0. The average molecular weight is 230 g/mol. The smallest absolute Gasteiger partial charge is 0.361 e. The van der Waals surface area contributed by atoms with Crippen LogP contribution < -0.4 is 4.18 Å². The molecule has 1 aromatic carbocycles. The molecule has 0 N–H and O–H groups in total. The summed E-state index contributed by atoms with van der Waals surface area (Å²) in [4.78, 5) is 0. The van der Waals surface area contributed by atoms with Crippen LogP contribution in [0, 0.1) is 20.8 Å². The maximum atomic E-state index is 11.1. The highest BCUT2D eigenvalue weighted by Gasteiger charge is 2.15. The first kappa shape index (κ1) is 12.0. The van der Waals surface area contributed by atoms with Gasteiger partial charge in [0.1, 0.15) is 0 Å². The van der Waals surface area contributed by atoms with Crippen LogP contribution in [0.2, 0.25) is 0 Å². The van der Waals surface area contributed by atoms with Crippen molar-refractivity contribution >= 4 is 10.4 Å².